The van der Waals surface area contributed by atoms with E-state index < -0.39 is 0 Å². The van der Waals surface area contributed by atoms with Gasteiger partial charge in [0.2, 0.25) is 5.91 Å². The molecule has 0 aliphatic heterocycles. The van der Waals surface area contributed by atoms with E-state index in [1.54, 1.807) is 30.0 Å². The molecule has 1 amide bonds. The number of thioether (sulfide) groups is 1. The molecule has 0 aromatic heterocycles. The van der Waals surface area contributed by atoms with E-state index in [1.165, 1.54) is 0 Å². The van der Waals surface area contributed by atoms with Gasteiger partial charge in [-0.05, 0) is 23.4 Å². The van der Waals surface area contributed by atoms with Crippen molar-refractivity contribution >= 4 is 40.6 Å². The molecule has 94 valence electrons. The zero-order valence-electron chi connectivity index (χ0n) is 10.00. The molecule has 0 aliphatic rings. The fraction of sp³-hybridized carbons (Fsp3) is 0.417. The van der Waals surface area contributed by atoms with Crippen molar-refractivity contribution in [1.29, 1.82) is 0 Å². The fourth-order valence-corrected chi connectivity index (χ4v) is 2.12. The number of hydrogen-bond donors (Lipinski definition) is 2. The van der Waals surface area contributed by atoms with Crippen molar-refractivity contribution in [2.45, 2.75) is 25.5 Å². The van der Waals surface area contributed by atoms with Gasteiger partial charge in [-0.25, -0.2) is 0 Å². The Bertz CT molecular complexity index is 396. The molecule has 1 aromatic rings. The van der Waals surface area contributed by atoms with E-state index in [0.717, 1.165) is 5.75 Å². The third-order valence-electron chi connectivity index (χ3n) is 2.06. The van der Waals surface area contributed by atoms with Crippen LogP contribution in [0.2, 0.25) is 5.02 Å². The number of amides is 1. The highest BCUT2D eigenvalue weighted by Gasteiger charge is 2.04. The zero-order chi connectivity index (χ0) is 12.8. The summed E-state index contributed by atoms with van der Waals surface area (Å²) in [6.07, 6.45) is 0.505. The van der Waals surface area contributed by atoms with Crippen LogP contribution < -0.4 is 11.1 Å². The summed E-state index contributed by atoms with van der Waals surface area (Å²) in [5.74, 6) is 0.826. The van der Waals surface area contributed by atoms with Crippen molar-refractivity contribution in [3.63, 3.8) is 0 Å². The second-order valence-electron chi connectivity index (χ2n) is 3.95. The Morgan fingerprint density at radius 1 is 1.53 bits per heavy atom. The Morgan fingerprint density at radius 3 is 2.82 bits per heavy atom. The van der Waals surface area contributed by atoms with E-state index in [0.29, 0.717) is 28.1 Å². The molecule has 0 bridgehead atoms. The minimum absolute atomic E-state index is 0.000118. The number of benzene rings is 1. The molecule has 0 atom stereocenters. The lowest BCUT2D eigenvalue weighted by molar-refractivity contribution is -0.115. The maximum Gasteiger partial charge on any atom is 0.225 e. The van der Waals surface area contributed by atoms with Crippen LogP contribution in [0.4, 0.5) is 11.4 Å². The summed E-state index contributed by atoms with van der Waals surface area (Å²) in [5, 5.41) is 3.84. The van der Waals surface area contributed by atoms with Gasteiger partial charge in [0.15, 0.2) is 0 Å². The van der Waals surface area contributed by atoms with Gasteiger partial charge < -0.3 is 11.1 Å². The highest BCUT2D eigenvalue weighted by atomic mass is 35.5. The Morgan fingerprint density at radius 2 is 2.24 bits per heavy atom. The standard InChI is InChI=1S/C12H17ClN2OS/c1-8(2)17-6-5-12(16)15-9-3-4-10(13)11(14)7-9/h3-4,7-8H,5-6,14H2,1-2H3,(H,15,16). The number of halogens is 1. The molecule has 1 rings (SSSR count). The van der Waals surface area contributed by atoms with E-state index in [1.807, 2.05) is 0 Å². The first-order chi connectivity index (χ1) is 7.99. The van der Waals surface area contributed by atoms with Gasteiger partial charge in [0.05, 0.1) is 10.7 Å². The zero-order valence-corrected chi connectivity index (χ0v) is 11.6. The van der Waals surface area contributed by atoms with Crippen molar-refractivity contribution in [2.24, 2.45) is 0 Å². The lowest BCUT2D eigenvalue weighted by atomic mass is 10.2. The number of anilines is 2. The highest BCUT2D eigenvalue weighted by molar-refractivity contribution is 7.99. The molecule has 0 aliphatic carbocycles. The molecular weight excluding hydrogens is 256 g/mol. The molecule has 3 nitrogen and oxygen atoms in total. The van der Waals surface area contributed by atoms with Crippen LogP contribution in [0.1, 0.15) is 20.3 Å². The first-order valence-corrected chi connectivity index (χ1v) is 6.88. The summed E-state index contributed by atoms with van der Waals surface area (Å²) < 4.78 is 0. The molecular formula is C12H17ClN2OS. The van der Waals surface area contributed by atoms with E-state index in [2.05, 4.69) is 19.2 Å². The van der Waals surface area contributed by atoms with Gasteiger partial charge in [-0.3, -0.25) is 4.79 Å². The second-order valence-corrected chi connectivity index (χ2v) is 6.05. The number of carbonyl (C=O) groups excluding carboxylic acids is 1. The molecule has 3 N–H and O–H groups in total. The maximum atomic E-state index is 11.6. The summed E-state index contributed by atoms with van der Waals surface area (Å²) in [5.41, 5.74) is 6.81. The number of rotatable bonds is 5. The number of nitrogens with one attached hydrogen (secondary N) is 1. The van der Waals surface area contributed by atoms with Crippen LogP contribution in [-0.2, 0) is 4.79 Å². The van der Waals surface area contributed by atoms with E-state index >= 15 is 0 Å². The fourth-order valence-electron chi connectivity index (χ4n) is 1.23. The van der Waals surface area contributed by atoms with Crippen LogP contribution in [0.25, 0.3) is 0 Å². The SMILES string of the molecule is CC(C)SCCC(=O)Nc1ccc(Cl)c(N)c1. The van der Waals surface area contributed by atoms with Crippen molar-refractivity contribution in [1.82, 2.24) is 0 Å². The number of nitrogen functional groups attached to an aromatic ring is 1. The van der Waals surface area contributed by atoms with Crippen LogP contribution in [0, 0.1) is 0 Å². The van der Waals surface area contributed by atoms with Crippen molar-refractivity contribution in [3.8, 4) is 0 Å². The molecule has 0 saturated carbocycles. The van der Waals surface area contributed by atoms with E-state index in [9.17, 15) is 4.79 Å². The van der Waals surface area contributed by atoms with Crippen LogP contribution in [0.15, 0.2) is 18.2 Å². The normalized spacial score (nSPS) is 10.6. The van der Waals surface area contributed by atoms with Crippen LogP contribution in [0.5, 0.6) is 0 Å². The highest BCUT2D eigenvalue weighted by Crippen LogP contribution is 2.22. The summed E-state index contributed by atoms with van der Waals surface area (Å²) in [7, 11) is 0. The van der Waals surface area contributed by atoms with Gasteiger partial charge >= 0.3 is 0 Å². The lowest BCUT2D eigenvalue weighted by Crippen LogP contribution is -2.12. The average molecular weight is 273 g/mol. The van der Waals surface area contributed by atoms with Crippen LogP contribution in [-0.4, -0.2) is 16.9 Å². The van der Waals surface area contributed by atoms with Crippen LogP contribution in [0.3, 0.4) is 0 Å². The minimum atomic E-state index is -0.000118. The van der Waals surface area contributed by atoms with Crippen molar-refractivity contribution in [2.75, 3.05) is 16.8 Å². The second kappa shape index (κ2) is 6.77. The Labute approximate surface area is 111 Å². The first-order valence-electron chi connectivity index (χ1n) is 5.45. The molecule has 0 radical (unpaired) electrons. The monoisotopic (exact) mass is 272 g/mol. The molecule has 1 aromatic carbocycles. The molecule has 0 spiro atoms. The van der Waals surface area contributed by atoms with Gasteiger partial charge in [-0.15, -0.1) is 0 Å². The summed E-state index contributed by atoms with van der Waals surface area (Å²) >= 11 is 7.56. The molecule has 0 saturated heterocycles. The summed E-state index contributed by atoms with van der Waals surface area (Å²) in [4.78, 5) is 11.6. The third-order valence-corrected chi connectivity index (χ3v) is 3.51. The predicted molar refractivity (Wildman–Crippen MR) is 76.7 cm³/mol. The van der Waals surface area contributed by atoms with Gasteiger partial charge in [0, 0.05) is 17.9 Å². The summed E-state index contributed by atoms with van der Waals surface area (Å²) in [6, 6.07) is 5.08. The Hall–Kier alpha value is -0.870. The maximum absolute atomic E-state index is 11.6. The third kappa shape index (κ3) is 5.33. The molecule has 0 heterocycles. The topological polar surface area (TPSA) is 55.1 Å². The average Bonchev–Trinajstić information content (AvgIpc) is 2.23. The van der Waals surface area contributed by atoms with Gasteiger partial charge in [-0.2, -0.15) is 11.8 Å². The van der Waals surface area contributed by atoms with Gasteiger partial charge in [-0.1, -0.05) is 25.4 Å². The van der Waals surface area contributed by atoms with E-state index in [-0.39, 0.29) is 5.91 Å². The molecule has 0 fully saturated rings. The number of carbonyl (C=O) groups is 1. The van der Waals surface area contributed by atoms with Gasteiger partial charge in [0.25, 0.3) is 0 Å². The quantitative estimate of drug-likeness (QED) is 0.808. The number of nitrogens with two attached hydrogens (primary N) is 1. The minimum Gasteiger partial charge on any atom is -0.397 e. The molecule has 0 unspecified atom stereocenters. The smallest absolute Gasteiger partial charge is 0.225 e. The molecule has 17 heavy (non-hydrogen) atoms. The lowest BCUT2D eigenvalue weighted by Gasteiger charge is -2.07. The Kier molecular flexibility index (Phi) is 5.65. The largest absolute Gasteiger partial charge is 0.397 e. The first kappa shape index (κ1) is 14.2. The van der Waals surface area contributed by atoms with Crippen molar-refractivity contribution in [3.05, 3.63) is 23.2 Å². The van der Waals surface area contributed by atoms with Crippen LogP contribution >= 0.6 is 23.4 Å². The van der Waals surface area contributed by atoms with E-state index in [4.69, 9.17) is 17.3 Å². The summed E-state index contributed by atoms with van der Waals surface area (Å²) in [6.45, 7) is 4.23. The predicted octanol–water partition coefficient (Wildman–Crippen LogP) is 3.39. The van der Waals surface area contributed by atoms with Crippen molar-refractivity contribution < 1.29 is 4.79 Å². The molecule has 5 heteroatoms. The Balaban J connectivity index is 2.42. The van der Waals surface area contributed by atoms with Gasteiger partial charge in [0.1, 0.15) is 0 Å². The number of hydrogen-bond acceptors (Lipinski definition) is 3.